The fourth-order valence-electron chi connectivity index (χ4n) is 2.49. The van der Waals surface area contributed by atoms with E-state index in [0.717, 1.165) is 24.7 Å². The van der Waals surface area contributed by atoms with Crippen LogP contribution in [0.4, 0.5) is 5.82 Å². The summed E-state index contributed by atoms with van der Waals surface area (Å²) in [7, 11) is 1.70. The Hall–Kier alpha value is -1.62. The number of aromatic amines is 1. The van der Waals surface area contributed by atoms with Crippen LogP contribution in [-0.2, 0) is 0 Å². The van der Waals surface area contributed by atoms with Crippen LogP contribution in [0.5, 0.6) is 5.75 Å². The summed E-state index contributed by atoms with van der Waals surface area (Å²) in [6.07, 6.45) is 4.22. The number of benzene rings is 1. The molecule has 1 fully saturated rings. The highest BCUT2D eigenvalue weighted by atomic mass is 32.2. The first-order valence-corrected chi connectivity index (χ1v) is 7.78. The standard InChI is InChI=1S/C15H19N3OS/c1-19-12-2-4-13(5-3-12)20-14-7-10-18(11-8-14)15-6-9-16-17-15/h2-6,9,14H,7-8,10-11H2,1H3,(H,16,17). The number of hydrogen-bond acceptors (Lipinski definition) is 4. The van der Waals surface area contributed by atoms with Crippen LogP contribution >= 0.6 is 11.8 Å². The van der Waals surface area contributed by atoms with Gasteiger partial charge in [-0.05, 0) is 37.1 Å². The average molecular weight is 289 g/mol. The van der Waals surface area contributed by atoms with Crippen molar-refractivity contribution < 1.29 is 4.74 Å². The number of nitrogens with zero attached hydrogens (tertiary/aromatic N) is 2. The molecule has 2 aromatic rings. The molecule has 1 aliphatic heterocycles. The molecule has 1 N–H and O–H groups in total. The molecule has 5 heteroatoms. The highest BCUT2D eigenvalue weighted by Gasteiger charge is 2.20. The Kier molecular flexibility index (Phi) is 4.16. The van der Waals surface area contributed by atoms with Crippen LogP contribution in [0, 0.1) is 0 Å². The maximum Gasteiger partial charge on any atom is 0.123 e. The van der Waals surface area contributed by atoms with Crippen molar-refractivity contribution in [2.75, 3.05) is 25.1 Å². The van der Waals surface area contributed by atoms with Crippen LogP contribution in [0.15, 0.2) is 41.4 Å². The van der Waals surface area contributed by atoms with Gasteiger partial charge in [0.15, 0.2) is 0 Å². The van der Waals surface area contributed by atoms with E-state index in [1.54, 1.807) is 7.11 Å². The molecule has 0 bridgehead atoms. The maximum absolute atomic E-state index is 5.19. The third kappa shape index (κ3) is 3.10. The molecule has 0 spiro atoms. The Morgan fingerprint density at radius 2 is 1.95 bits per heavy atom. The largest absolute Gasteiger partial charge is 0.497 e. The lowest BCUT2D eigenvalue weighted by Crippen LogP contribution is -2.34. The summed E-state index contributed by atoms with van der Waals surface area (Å²) in [6, 6.07) is 10.4. The smallest absolute Gasteiger partial charge is 0.123 e. The number of anilines is 1. The van der Waals surface area contributed by atoms with E-state index in [9.17, 15) is 0 Å². The van der Waals surface area contributed by atoms with Crippen molar-refractivity contribution in [3.63, 3.8) is 0 Å². The Bertz CT molecular complexity index is 519. The van der Waals surface area contributed by atoms with Crippen molar-refractivity contribution in [3.05, 3.63) is 36.5 Å². The van der Waals surface area contributed by atoms with Crippen molar-refractivity contribution >= 4 is 17.6 Å². The summed E-state index contributed by atoms with van der Waals surface area (Å²) in [5.41, 5.74) is 0. The zero-order chi connectivity index (χ0) is 13.8. The molecule has 2 heterocycles. The van der Waals surface area contributed by atoms with Gasteiger partial charge in [-0.15, -0.1) is 11.8 Å². The number of aromatic nitrogens is 2. The molecule has 0 saturated carbocycles. The van der Waals surface area contributed by atoms with Crippen molar-refractivity contribution in [3.8, 4) is 5.75 Å². The van der Waals surface area contributed by atoms with Crippen LogP contribution in [-0.4, -0.2) is 35.6 Å². The molecule has 1 aromatic heterocycles. The molecule has 1 saturated heterocycles. The Labute approximate surface area is 123 Å². The number of thioether (sulfide) groups is 1. The maximum atomic E-state index is 5.19. The van der Waals surface area contributed by atoms with Gasteiger partial charge in [-0.2, -0.15) is 5.10 Å². The van der Waals surface area contributed by atoms with E-state index in [1.807, 2.05) is 36.2 Å². The lowest BCUT2D eigenvalue weighted by Gasteiger charge is -2.32. The van der Waals surface area contributed by atoms with Gasteiger partial charge in [-0.3, -0.25) is 5.10 Å². The molecule has 20 heavy (non-hydrogen) atoms. The van der Waals surface area contributed by atoms with Gasteiger partial charge in [-0.1, -0.05) is 0 Å². The first-order chi connectivity index (χ1) is 9.85. The van der Waals surface area contributed by atoms with Gasteiger partial charge < -0.3 is 9.64 Å². The summed E-state index contributed by atoms with van der Waals surface area (Å²) in [4.78, 5) is 3.70. The van der Waals surface area contributed by atoms with Crippen LogP contribution in [0.25, 0.3) is 0 Å². The van der Waals surface area contributed by atoms with E-state index in [1.165, 1.54) is 17.7 Å². The van der Waals surface area contributed by atoms with Gasteiger partial charge in [0.25, 0.3) is 0 Å². The normalized spacial score (nSPS) is 16.4. The van der Waals surface area contributed by atoms with Crippen LogP contribution in [0.1, 0.15) is 12.8 Å². The second-order valence-corrected chi connectivity index (χ2v) is 6.30. The number of piperidine rings is 1. The van der Waals surface area contributed by atoms with Crippen LogP contribution < -0.4 is 9.64 Å². The van der Waals surface area contributed by atoms with Crippen LogP contribution in [0.2, 0.25) is 0 Å². The summed E-state index contributed by atoms with van der Waals surface area (Å²) in [5.74, 6) is 2.06. The molecule has 0 unspecified atom stereocenters. The van der Waals surface area contributed by atoms with Gasteiger partial charge in [0.2, 0.25) is 0 Å². The molecule has 1 aliphatic rings. The number of methoxy groups -OCH3 is 1. The van der Waals surface area contributed by atoms with E-state index in [0.29, 0.717) is 5.25 Å². The second kappa shape index (κ2) is 6.22. The summed E-state index contributed by atoms with van der Waals surface area (Å²) in [5, 5.41) is 7.75. The minimum atomic E-state index is 0.697. The van der Waals surface area contributed by atoms with E-state index < -0.39 is 0 Å². The quantitative estimate of drug-likeness (QED) is 0.938. The average Bonchev–Trinajstić information content (AvgIpc) is 3.03. The monoisotopic (exact) mass is 289 g/mol. The zero-order valence-electron chi connectivity index (χ0n) is 11.6. The van der Waals surface area contributed by atoms with Gasteiger partial charge >= 0.3 is 0 Å². The number of nitrogens with one attached hydrogen (secondary N) is 1. The Morgan fingerprint density at radius 1 is 1.20 bits per heavy atom. The molecule has 0 aliphatic carbocycles. The summed E-state index contributed by atoms with van der Waals surface area (Å²) < 4.78 is 5.19. The number of rotatable bonds is 4. The molecule has 0 radical (unpaired) electrons. The molecule has 3 rings (SSSR count). The number of hydrogen-bond donors (Lipinski definition) is 1. The molecule has 1 aromatic carbocycles. The van der Waals surface area contributed by atoms with Gasteiger partial charge in [-0.25, -0.2) is 0 Å². The Morgan fingerprint density at radius 3 is 2.55 bits per heavy atom. The van der Waals surface area contributed by atoms with Crippen molar-refractivity contribution in [1.29, 1.82) is 0 Å². The van der Waals surface area contributed by atoms with E-state index in [-0.39, 0.29) is 0 Å². The number of H-pyrrole nitrogens is 1. The molecular formula is C15H19N3OS. The minimum Gasteiger partial charge on any atom is -0.497 e. The van der Waals surface area contributed by atoms with Gasteiger partial charge in [0.05, 0.1) is 13.3 Å². The molecule has 4 nitrogen and oxygen atoms in total. The first-order valence-electron chi connectivity index (χ1n) is 6.90. The highest BCUT2D eigenvalue weighted by molar-refractivity contribution is 8.00. The molecule has 106 valence electrons. The minimum absolute atomic E-state index is 0.697. The van der Waals surface area contributed by atoms with E-state index in [4.69, 9.17) is 4.74 Å². The number of ether oxygens (including phenoxy) is 1. The van der Waals surface area contributed by atoms with Crippen molar-refractivity contribution in [2.24, 2.45) is 0 Å². The third-order valence-electron chi connectivity index (χ3n) is 3.63. The predicted molar refractivity (Wildman–Crippen MR) is 82.7 cm³/mol. The lowest BCUT2D eigenvalue weighted by molar-refractivity contribution is 0.414. The SMILES string of the molecule is COc1ccc(SC2CCN(c3ccn[nH]3)CC2)cc1. The van der Waals surface area contributed by atoms with Crippen molar-refractivity contribution in [1.82, 2.24) is 10.2 Å². The first kappa shape index (κ1) is 13.4. The van der Waals surface area contributed by atoms with Gasteiger partial charge in [0.1, 0.15) is 11.6 Å². The fourth-order valence-corrected chi connectivity index (χ4v) is 3.61. The van der Waals surface area contributed by atoms with Crippen LogP contribution in [0.3, 0.4) is 0 Å². The van der Waals surface area contributed by atoms with E-state index in [2.05, 4.69) is 27.2 Å². The third-order valence-corrected chi connectivity index (χ3v) is 4.98. The molecule has 0 atom stereocenters. The zero-order valence-corrected chi connectivity index (χ0v) is 12.4. The molecule has 0 amide bonds. The fraction of sp³-hybridized carbons (Fsp3) is 0.400. The van der Waals surface area contributed by atoms with Crippen molar-refractivity contribution in [2.45, 2.75) is 23.0 Å². The predicted octanol–water partition coefficient (Wildman–Crippen LogP) is 3.18. The topological polar surface area (TPSA) is 41.1 Å². The lowest BCUT2D eigenvalue weighted by atomic mass is 10.1. The summed E-state index contributed by atoms with van der Waals surface area (Å²) >= 11 is 1.97. The Balaban J connectivity index is 1.53. The van der Waals surface area contributed by atoms with E-state index >= 15 is 0 Å². The molecular weight excluding hydrogens is 270 g/mol. The van der Waals surface area contributed by atoms with Gasteiger partial charge in [0, 0.05) is 29.3 Å². The summed E-state index contributed by atoms with van der Waals surface area (Å²) in [6.45, 7) is 2.19. The highest BCUT2D eigenvalue weighted by Crippen LogP contribution is 2.32. The second-order valence-electron chi connectivity index (χ2n) is 4.92.